The Morgan fingerprint density at radius 3 is 2.13 bits per heavy atom. The largest absolute Gasteiger partial charge is 0.352 e. The summed E-state index contributed by atoms with van der Waals surface area (Å²) in [7, 11) is 0. The van der Waals surface area contributed by atoms with Gasteiger partial charge in [-0.25, -0.2) is 4.98 Å². The quantitative estimate of drug-likeness (QED) is 0.530. The SMILES string of the molecule is CCCCCCNC(=O)c1c2ccccc2nc2ccccc12. The smallest absolute Gasteiger partial charge is 0.252 e. The molecule has 0 aliphatic heterocycles. The summed E-state index contributed by atoms with van der Waals surface area (Å²) in [5, 5.41) is 4.90. The maximum absolute atomic E-state index is 12.8. The van der Waals surface area contributed by atoms with Crippen molar-refractivity contribution < 1.29 is 4.79 Å². The van der Waals surface area contributed by atoms with E-state index in [9.17, 15) is 4.79 Å². The van der Waals surface area contributed by atoms with Crippen molar-refractivity contribution in [3.63, 3.8) is 0 Å². The Bertz CT molecular complexity index is 772. The number of pyridine rings is 1. The molecule has 2 aromatic carbocycles. The Balaban J connectivity index is 1.95. The molecule has 3 rings (SSSR count). The number of carbonyl (C=O) groups excluding carboxylic acids is 1. The number of hydrogen-bond donors (Lipinski definition) is 1. The van der Waals surface area contributed by atoms with E-state index in [2.05, 4.69) is 17.2 Å². The van der Waals surface area contributed by atoms with Crippen LogP contribution in [0.3, 0.4) is 0 Å². The van der Waals surface area contributed by atoms with E-state index in [4.69, 9.17) is 0 Å². The van der Waals surface area contributed by atoms with Crippen LogP contribution in [0, 0.1) is 0 Å². The molecular formula is C20H22N2O. The number of fused-ring (bicyclic) bond motifs is 2. The maximum atomic E-state index is 12.8. The first-order chi connectivity index (χ1) is 11.3. The molecule has 0 spiro atoms. The Morgan fingerprint density at radius 1 is 0.913 bits per heavy atom. The molecule has 0 bridgehead atoms. The summed E-state index contributed by atoms with van der Waals surface area (Å²) in [6.07, 6.45) is 4.61. The van der Waals surface area contributed by atoms with E-state index in [1.54, 1.807) is 0 Å². The minimum atomic E-state index is -0.00343. The van der Waals surface area contributed by atoms with Crippen LogP contribution in [0.25, 0.3) is 21.8 Å². The minimum Gasteiger partial charge on any atom is -0.352 e. The zero-order valence-electron chi connectivity index (χ0n) is 13.5. The van der Waals surface area contributed by atoms with E-state index >= 15 is 0 Å². The number of carbonyl (C=O) groups is 1. The van der Waals surface area contributed by atoms with Crippen LogP contribution < -0.4 is 5.32 Å². The molecule has 0 saturated carbocycles. The minimum absolute atomic E-state index is 0.00343. The van der Waals surface area contributed by atoms with Crippen LogP contribution >= 0.6 is 0 Å². The third kappa shape index (κ3) is 3.34. The summed E-state index contributed by atoms with van der Waals surface area (Å²) in [5.41, 5.74) is 2.46. The van der Waals surface area contributed by atoms with Crippen LogP contribution in [-0.2, 0) is 0 Å². The molecule has 0 saturated heterocycles. The molecule has 0 atom stereocenters. The highest BCUT2D eigenvalue weighted by Gasteiger charge is 2.15. The Labute approximate surface area is 136 Å². The van der Waals surface area contributed by atoms with Crippen LogP contribution in [0.1, 0.15) is 43.0 Å². The molecule has 3 aromatic rings. The average molecular weight is 306 g/mol. The van der Waals surface area contributed by atoms with Gasteiger partial charge in [-0.15, -0.1) is 0 Å². The lowest BCUT2D eigenvalue weighted by Gasteiger charge is -2.11. The summed E-state index contributed by atoms with van der Waals surface area (Å²) in [6, 6.07) is 15.7. The Morgan fingerprint density at radius 2 is 1.52 bits per heavy atom. The van der Waals surface area contributed by atoms with Gasteiger partial charge in [0.2, 0.25) is 0 Å². The van der Waals surface area contributed by atoms with E-state index in [0.29, 0.717) is 0 Å². The third-order valence-corrected chi connectivity index (χ3v) is 4.13. The van der Waals surface area contributed by atoms with E-state index in [0.717, 1.165) is 46.8 Å². The number of rotatable bonds is 6. The van der Waals surface area contributed by atoms with Crippen molar-refractivity contribution >= 4 is 27.7 Å². The van der Waals surface area contributed by atoms with Crippen molar-refractivity contribution in [1.82, 2.24) is 10.3 Å². The molecule has 0 unspecified atom stereocenters. The van der Waals surface area contributed by atoms with E-state index in [1.165, 1.54) is 12.8 Å². The van der Waals surface area contributed by atoms with Crippen LogP contribution in [0.4, 0.5) is 0 Å². The zero-order valence-corrected chi connectivity index (χ0v) is 13.5. The predicted octanol–water partition coefficient (Wildman–Crippen LogP) is 4.70. The predicted molar refractivity (Wildman–Crippen MR) is 95.7 cm³/mol. The molecule has 0 radical (unpaired) electrons. The fourth-order valence-electron chi connectivity index (χ4n) is 2.93. The van der Waals surface area contributed by atoms with Crippen LogP contribution in [0.5, 0.6) is 0 Å². The van der Waals surface area contributed by atoms with Crippen molar-refractivity contribution in [3.05, 3.63) is 54.1 Å². The summed E-state index contributed by atoms with van der Waals surface area (Å²) in [4.78, 5) is 17.4. The standard InChI is InChI=1S/C20H22N2O/c1-2-3-4-9-14-21-20(23)19-15-10-5-7-12-17(15)22-18-13-8-6-11-16(18)19/h5-8,10-13H,2-4,9,14H2,1H3,(H,21,23). The highest BCUT2D eigenvalue weighted by molar-refractivity contribution is 6.16. The Kier molecular flexibility index (Phi) is 4.86. The van der Waals surface area contributed by atoms with Gasteiger partial charge in [-0.05, 0) is 18.6 Å². The van der Waals surface area contributed by atoms with Gasteiger partial charge in [0.25, 0.3) is 5.91 Å². The number of nitrogens with zero attached hydrogens (tertiary/aromatic N) is 1. The number of aromatic nitrogens is 1. The van der Waals surface area contributed by atoms with Crippen LogP contribution in [-0.4, -0.2) is 17.4 Å². The fourth-order valence-corrected chi connectivity index (χ4v) is 2.93. The number of nitrogens with one attached hydrogen (secondary N) is 1. The lowest BCUT2D eigenvalue weighted by molar-refractivity contribution is 0.0956. The molecule has 1 aromatic heterocycles. The van der Waals surface area contributed by atoms with Gasteiger partial charge in [0.15, 0.2) is 0 Å². The van der Waals surface area contributed by atoms with Crippen LogP contribution in [0.2, 0.25) is 0 Å². The first-order valence-electron chi connectivity index (χ1n) is 8.37. The van der Waals surface area contributed by atoms with Crippen molar-refractivity contribution in [3.8, 4) is 0 Å². The fraction of sp³-hybridized carbons (Fsp3) is 0.300. The molecule has 3 nitrogen and oxygen atoms in total. The second-order valence-electron chi connectivity index (χ2n) is 5.84. The van der Waals surface area contributed by atoms with E-state index in [1.807, 2.05) is 48.5 Å². The molecule has 118 valence electrons. The van der Waals surface area contributed by atoms with Crippen LogP contribution in [0.15, 0.2) is 48.5 Å². The monoisotopic (exact) mass is 306 g/mol. The number of hydrogen-bond acceptors (Lipinski definition) is 2. The number of unbranched alkanes of at least 4 members (excludes halogenated alkanes) is 3. The molecule has 0 aliphatic carbocycles. The molecule has 3 heteroatoms. The lowest BCUT2D eigenvalue weighted by atomic mass is 10.0. The lowest BCUT2D eigenvalue weighted by Crippen LogP contribution is -2.25. The van der Waals surface area contributed by atoms with Gasteiger partial charge in [-0.3, -0.25) is 4.79 Å². The zero-order chi connectivity index (χ0) is 16.1. The van der Waals surface area contributed by atoms with Gasteiger partial charge in [0, 0.05) is 17.3 Å². The molecule has 0 fully saturated rings. The van der Waals surface area contributed by atoms with E-state index in [-0.39, 0.29) is 5.91 Å². The maximum Gasteiger partial charge on any atom is 0.252 e. The molecular weight excluding hydrogens is 284 g/mol. The normalized spacial score (nSPS) is 11.0. The second kappa shape index (κ2) is 7.23. The van der Waals surface area contributed by atoms with Gasteiger partial charge < -0.3 is 5.32 Å². The summed E-state index contributed by atoms with van der Waals surface area (Å²) in [6.45, 7) is 2.91. The van der Waals surface area contributed by atoms with E-state index < -0.39 is 0 Å². The summed E-state index contributed by atoms with van der Waals surface area (Å²) < 4.78 is 0. The van der Waals surface area contributed by atoms with Gasteiger partial charge in [-0.2, -0.15) is 0 Å². The van der Waals surface area contributed by atoms with Gasteiger partial charge in [0.05, 0.1) is 16.6 Å². The average Bonchev–Trinajstić information content (AvgIpc) is 2.59. The Hall–Kier alpha value is -2.42. The first-order valence-corrected chi connectivity index (χ1v) is 8.37. The number of para-hydroxylation sites is 2. The topological polar surface area (TPSA) is 42.0 Å². The van der Waals surface area contributed by atoms with Crippen molar-refractivity contribution in [2.24, 2.45) is 0 Å². The number of amides is 1. The van der Waals surface area contributed by atoms with Gasteiger partial charge >= 0.3 is 0 Å². The molecule has 1 amide bonds. The summed E-state index contributed by atoms with van der Waals surface area (Å²) in [5.74, 6) is -0.00343. The van der Waals surface area contributed by atoms with Crippen molar-refractivity contribution in [2.75, 3.05) is 6.54 Å². The molecule has 23 heavy (non-hydrogen) atoms. The number of benzene rings is 2. The van der Waals surface area contributed by atoms with Gasteiger partial charge in [0.1, 0.15) is 0 Å². The van der Waals surface area contributed by atoms with Crippen molar-refractivity contribution in [1.29, 1.82) is 0 Å². The molecule has 1 heterocycles. The second-order valence-corrected chi connectivity index (χ2v) is 5.84. The highest BCUT2D eigenvalue weighted by atomic mass is 16.1. The summed E-state index contributed by atoms with van der Waals surface area (Å²) >= 11 is 0. The first kappa shape index (κ1) is 15.5. The molecule has 0 aliphatic rings. The highest BCUT2D eigenvalue weighted by Crippen LogP contribution is 2.25. The van der Waals surface area contributed by atoms with Gasteiger partial charge in [-0.1, -0.05) is 62.6 Å². The van der Waals surface area contributed by atoms with Crippen molar-refractivity contribution in [2.45, 2.75) is 32.6 Å². The molecule has 1 N–H and O–H groups in total. The third-order valence-electron chi connectivity index (χ3n) is 4.13.